The van der Waals surface area contributed by atoms with Crippen molar-refractivity contribution < 1.29 is 14.3 Å². The van der Waals surface area contributed by atoms with Crippen LogP contribution in [0.3, 0.4) is 0 Å². The maximum absolute atomic E-state index is 5.66. The summed E-state index contributed by atoms with van der Waals surface area (Å²) in [5.74, 6) is 0. The van der Waals surface area contributed by atoms with Gasteiger partial charge in [-0.2, -0.15) is 5.48 Å². The number of hydrogen-bond donors (Lipinski definition) is 1. The first-order valence-corrected chi connectivity index (χ1v) is 5.84. The maximum atomic E-state index is 5.66. The molecule has 0 aromatic rings. The van der Waals surface area contributed by atoms with Crippen molar-refractivity contribution in [3.05, 3.63) is 0 Å². The van der Waals surface area contributed by atoms with E-state index >= 15 is 0 Å². The Morgan fingerprint density at radius 1 is 1.40 bits per heavy atom. The molecule has 0 radical (unpaired) electrons. The van der Waals surface area contributed by atoms with Crippen LogP contribution in [0, 0.1) is 0 Å². The van der Waals surface area contributed by atoms with Gasteiger partial charge in [-0.25, -0.2) is 0 Å². The van der Waals surface area contributed by atoms with E-state index in [-0.39, 0.29) is 0 Å². The first kappa shape index (κ1) is 12.9. The predicted molar refractivity (Wildman–Crippen MR) is 58.6 cm³/mol. The van der Waals surface area contributed by atoms with Gasteiger partial charge in [0.1, 0.15) is 0 Å². The topological polar surface area (TPSA) is 39.7 Å². The van der Waals surface area contributed by atoms with Crippen molar-refractivity contribution in [2.45, 2.75) is 44.8 Å². The van der Waals surface area contributed by atoms with Crippen LogP contribution in [0.2, 0.25) is 0 Å². The molecule has 4 nitrogen and oxygen atoms in total. The standard InChI is InChI=1S/C11H23NO3/c1-3-4-11-9-10(5-6-14-11)12-15-8-7-13-2/h10-12H,3-9H2,1-2H3. The van der Waals surface area contributed by atoms with E-state index in [1.165, 1.54) is 6.42 Å². The Hall–Kier alpha value is -0.160. The zero-order valence-electron chi connectivity index (χ0n) is 9.83. The van der Waals surface area contributed by atoms with Gasteiger partial charge >= 0.3 is 0 Å². The number of hydroxylamine groups is 1. The molecular weight excluding hydrogens is 194 g/mol. The molecule has 1 aliphatic rings. The fourth-order valence-electron chi connectivity index (χ4n) is 1.81. The monoisotopic (exact) mass is 217 g/mol. The average Bonchev–Trinajstić information content (AvgIpc) is 2.26. The Labute approximate surface area is 92.2 Å². The van der Waals surface area contributed by atoms with Crippen LogP contribution in [0.1, 0.15) is 32.6 Å². The summed E-state index contributed by atoms with van der Waals surface area (Å²) in [6.45, 7) is 4.27. The van der Waals surface area contributed by atoms with E-state index in [1.807, 2.05) is 0 Å². The number of nitrogens with one attached hydrogen (secondary N) is 1. The van der Waals surface area contributed by atoms with E-state index in [1.54, 1.807) is 7.11 Å². The number of ether oxygens (including phenoxy) is 2. The third-order valence-corrected chi connectivity index (χ3v) is 2.62. The highest BCUT2D eigenvalue weighted by Crippen LogP contribution is 2.17. The van der Waals surface area contributed by atoms with E-state index in [0.29, 0.717) is 25.4 Å². The van der Waals surface area contributed by atoms with Crippen LogP contribution < -0.4 is 5.48 Å². The third-order valence-electron chi connectivity index (χ3n) is 2.62. The number of methoxy groups -OCH3 is 1. The molecule has 1 rings (SSSR count). The lowest BCUT2D eigenvalue weighted by Gasteiger charge is -2.29. The molecule has 1 saturated heterocycles. The van der Waals surface area contributed by atoms with Gasteiger partial charge in [-0.1, -0.05) is 13.3 Å². The number of rotatable bonds is 7. The molecule has 1 aliphatic heterocycles. The first-order valence-electron chi connectivity index (χ1n) is 5.84. The van der Waals surface area contributed by atoms with E-state index in [4.69, 9.17) is 14.3 Å². The van der Waals surface area contributed by atoms with Crippen molar-refractivity contribution in [2.75, 3.05) is 26.9 Å². The second-order valence-electron chi connectivity index (χ2n) is 3.96. The average molecular weight is 217 g/mol. The van der Waals surface area contributed by atoms with Crippen LogP contribution in [0.25, 0.3) is 0 Å². The summed E-state index contributed by atoms with van der Waals surface area (Å²) in [5.41, 5.74) is 3.08. The molecule has 0 aromatic heterocycles. The van der Waals surface area contributed by atoms with E-state index in [9.17, 15) is 0 Å². The molecule has 90 valence electrons. The van der Waals surface area contributed by atoms with Crippen LogP contribution >= 0.6 is 0 Å². The van der Waals surface area contributed by atoms with Gasteiger partial charge in [-0.05, 0) is 19.3 Å². The Morgan fingerprint density at radius 2 is 2.27 bits per heavy atom. The van der Waals surface area contributed by atoms with Crippen LogP contribution in [-0.2, 0) is 14.3 Å². The summed E-state index contributed by atoms with van der Waals surface area (Å²) in [6.07, 6.45) is 4.83. The van der Waals surface area contributed by atoms with Gasteiger partial charge in [0.25, 0.3) is 0 Å². The highest BCUT2D eigenvalue weighted by molar-refractivity contribution is 4.74. The molecule has 0 aromatic carbocycles. The SMILES string of the molecule is CCCC1CC(NOCCOC)CCO1. The summed E-state index contributed by atoms with van der Waals surface area (Å²) >= 11 is 0. The Kier molecular flexibility index (Phi) is 6.92. The lowest BCUT2D eigenvalue weighted by Crippen LogP contribution is -2.39. The smallest absolute Gasteiger partial charge is 0.0915 e. The van der Waals surface area contributed by atoms with Gasteiger partial charge in [0.15, 0.2) is 0 Å². The molecule has 2 unspecified atom stereocenters. The van der Waals surface area contributed by atoms with Crippen molar-refractivity contribution >= 4 is 0 Å². The normalized spacial score (nSPS) is 26.8. The summed E-state index contributed by atoms with van der Waals surface area (Å²) in [6, 6.07) is 0.437. The molecule has 4 heteroatoms. The van der Waals surface area contributed by atoms with E-state index < -0.39 is 0 Å². The van der Waals surface area contributed by atoms with Crippen molar-refractivity contribution in [2.24, 2.45) is 0 Å². The molecule has 1 fully saturated rings. The fourth-order valence-corrected chi connectivity index (χ4v) is 1.81. The van der Waals surface area contributed by atoms with Crippen LogP contribution in [0.15, 0.2) is 0 Å². The molecule has 1 N–H and O–H groups in total. The molecule has 0 spiro atoms. The van der Waals surface area contributed by atoms with Gasteiger partial charge in [-0.3, -0.25) is 4.84 Å². The highest BCUT2D eigenvalue weighted by atomic mass is 16.7. The molecule has 15 heavy (non-hydrogen) atoms. The Balaban J connectivity index is 2.07. The largest absolute Gasteiger partial charge is 0.382 e. The lowest BCUT2D eigenvalue weighted by molar-refractivity contribution is -0.0628. The quantitative estimate of drug-likeness (QED) is 0.518. The van der Waals surface area contributed by atoms with E-state index in [0.717, 1.165) is 25.9 Å². The zero-order valence-corrected chi connectivity index (χ0v) is 9.83. The Morgan fingerprint density at radius 3 is 3.00 bits per heavy atom. The molecule has 0 bridgehead atoms. The molecule has 2 atom stereocenters. The minimum atomic E-state index is 0.410. The molecule has 1 heterocycles. The molecule has 0 saturated carbocycles. The summed E-state index contributed by atoms with van der Waals surface area (Å²) in [4.78, 5) is 5.31. The van der Waals surface area contributed by atoms with Gasteiger partial charge in [-0.15, -0.1) is 0 Å². The first-order chi connectivity index (χ1) is 7.36. The highest BCUT2D eigenvalue weighted by Gasteiger charge is 2.21. The van der Waals surface area contributed by atoms with Crippen LogP contribution in [0.4, 0.5) is 0 Å². The van der Waals surface area contributed by atoms with Gasteiger partial charge in [0, 0.05) is 19.8 Å². The van der Waals surface area contributed by atoms with Gasteiger partial charge in [0.05, 0.1) is 19.3 Å². The lowest BCUT2D eigenvalue weighted by atomic mass is 10.0. The second kappa shape index (κ2) is 8.05. The molecule has 0 amide bonds. The van der Waals surface area contributed by atoms with Crippen molar-refractivity contribution in [1.29, 1.82) is 0 Å². The zero-order chi connectivity index (χ0) is 10.9. The van der Waals surface area contributed by atoms with Gasteiger partial charge in [0.2, 0.25) is 0 Å². The van der Waals surface area contributed by atoms with Crippen molar-refractivity contribution in [3.8, 4) is 0 Å². The summed E-state index contributed by atoms with van der Waals surface area (Å²) < 4.78 is 10.6. The predicted octanol–water partition coefficient (Wildman–Crippen LogP) is 1.50. The maximum Gasteiger partial charge on any atom is 0.0915 e. The number of hydrogen-bond acceptors (Lipinski definition) is 4. The minimum Gasteiger partial charge on any atom is -0.382 e. The minimum absolute atomic E-state index is 0.410. The van der Waals surface area contributed by atoms with Crippen molar-refractivity contribution in [3.63, 3.8) is 0 Å². The van der Waals surface area contributed by atoms with Gasteiger partial charge < -0.3 is 9.47 Å². The molecule has 0 aliphatic carbocycles. The molecular formula is C11H23NO3. The summed E-state index contributed by atoms with van der Waals surface area (Å²) in [7, 11) is 1.68. The second-order valence-corrected chi connectivity index (χ2v) is 3.96. The van der Waals surface area contributed by atoms with E-state index in [2.05, 4.69) is 12.4 Å². The van der Waals surface area contributed by atoms with Crippen LogP contribution in [0.5, 0.6) is 0 Å². The summed E-state index contributed by atoms with van der Waals surface area (Å²) in [5, 5.41) is 0. The van der Waals surface area contributed by atoms with Crippen LogP contribution in [-0.4, -0.2) is 39.1 Å². The Bertz CT molecular complexity index is 153. The third kappa shape index (κ3) is 5.47. The fraction of sp³-hybridized carbons (Fsp3) is 1.00. The van der Waals surface area contributed by atoms with Crippen molar-refractivity contribution in [1.82, 2.24) is 5.48 Å².